The van der Waals surface area contributed by atoms with Crippen LogP contribution in [0.1, 0.15) is 22.5 Å². The zero-order valence-electron chi connectivity index (χ0n) is 18.5. The van der Waals surface area contributed by atoms with E-state index in [-0.39, 0.29) is 6.54 Å². The molecule has 5 nitrogen and oxygen atoms in total. The second kappa shape index (κ2) is 9.85. The fourth-order valence-corrected chi connectivity index (χ4v) is 3.24. The molecule has 3 rings (SSSR count). The Hall–Kier alpha value is -3.73. The number of benzene rings is 2. The number of carbonyl (C=O) groups is 1. The Balaban J connectivity index is 1.82. The van der Waals surface area contributed by atoms with Crippen LogP contribution in [0.4, 0.5) is 11.4 Å². The van der Waals surface area contributed by atoms with Crippen molar-refractivity contribution < 1.29 is 9.90 Å². The summed E-state index contributed by atoms with van der Waals surface area (Å²) in [7, 11) is 8.04. The molecule has 0 saturated heterocycles. The van der Waals surface area contributed by atoms with Crippen LogP contribution in [-0.2, 0) is 11.3 Å². The fourth-order valence-electron chi connectivity index (χ4n) is 3.24. The van der Waals surface area contributed by atoms with E-state index in [0.717, 1.165) is 33.9 Å². The summed E-state index contributed by atoms with van der Waals surface area (Å²) in [5.41, 5.74) is 6.09. The third kappa shape index (κ3) is 5.89. The summed E-state index contributed by atoms with van der Waals surface area (Å²) in [6.45, 7) is -0.0918. The molecular weight excluding hydrogens is 386 g/mol. The first-order chi connectivity index (χ1) is 14.8. The summed E-state index contributed by atoms with van der Waals surface area (Å²) in [4.78, 5) is 15.6. The minimum absolute atomic E-state index is 0.0918. The van der Waals surface area contributed by atoms with Crippen LogP contribution in [-0.4, -0.2) is 43.8 Å². The molecule has 1 aromatic heterocycles. The van der Waals surface area contributed by atoms with E-state index in [1.165, 1.54) is 0 Å². The Morgan fingerprint density at radius 3 is 1.42 bits per heavy atom. The van der Waals surface area contributed by atoms with Crippen molar-refractivity contribution in [2.45, 2.75) is 6.54 Å². The maximum absolute atomic E-state index is 11.4. The SMILES string of the molecule is CN(C)c1ccc(C=Cc2ccc(C=Cc3ccc(N(C)C)cc3)n2CC(=O)O)cc1. The van der Waals surface area contributed by atoms with E-state index in [4.69, 9.17) is 0 Å². The van der Waals surface area contributed by atoms with Gasteiger partial charge in [-0.1, -0.05) is 36.4 Å². The van der Waals surface area contributed by atoms with Gasteiger partial charge >= 0.3 is 5.97 Å². The van der Waals surface area contributed by atoms with E-state index in [0.29, 0.717) is 0 Å². The van der Waals surface area contributed by atoms with Gasteiger partial charge in [-0.2, -0.15) is 0 Å². The molecule has 2 aromatic carbocycles. The number of carboxylic acids is 1. The molecule has 3 aromatic rings. The summed E-state index contributed by atoms with van der Waals surface area (Å²) >= 11 is 0. The highest BCUT2D eigenvalue weighted by molar-refractivity contribution is 5.75. The van der Waals surface area contributed by atoms with Crippen LogP contribution in [0.5, 0.6) is 0 Å². The summed E-state index contributed by atoms with van der Waals surface area (Å²) in [6, 6.07) is 20.3. The molecule has 0 aliphatic heterocycles. The third-order valence-corrected chi connectivity index (χ3v) is 5.05. The molecular formula is C26H29N3O2. The second-order valence-corrected chi connectivity index (χ2v) is 7.80. The number of rotatable bonds is 8. The molecule has 0 amide bonds. The number of nitrogens with zero attached hydrogens (tertiary/aromatic N) is 3. The van der Waals surface area contributed by atoms with Crippen LogP contribution >= 0.6 is 0 Å². The Morgan fingerprint density at radius 2 is 1.10 bits per heavy atom. The summed E-state index contributed by atoms with van der Waals surface area (Å²) in [5.74, 6) is -0.869. The van der Waals surface area contributed by atoms with Crippen molar-refractivity contribution in [2.75, 3.05) is 38.0 Å². The number of anilines is 2. The monoisotopic (exact) mass is 415 g/mol. The van der Waals surface area contributed by atoms with Crippen molar-refractivity contribution in [1.82, 2.24) is 4.57 Å². The van der Waals surface area contributed by atoms with Crippen LogP contribution in [0.15, 0.2) is 60.7 Å². The fraction of sp³-hybridized carbons (Fsp3) is 0.192. The predicted molar refractivity (Wildman–Crippen MR) is 131 cm³/mol. The first-order valence-corrected chi connectivity index (χ1v) is 10.2. The van der Waals surface area contributed by atoms with Crippen LogP contribution in [0.25, 0.3) is 24.3 Å². The van der Waals surface area contributed by atoms with E-state index in [1.807, 2.05) is 64.6 Å². The normalized spacial score (nSPS) is 11.4. The van der Waals surface area contributed by atoms with Gasteiger partial charge in [-0.3, -0.25) is 4.79 Å². The molecule has 1 heterocycles. The summed E-state index contributed by atoms with van der Waals surface area (Å²) < 4.78 is 1.80. The number of hydrogen-bond donors (Lipinski definition) is 1. The van der Waals surface area contributed by atoms with Gasteiger partial charge in [0.1, 0.15) is 6.54 Å². The van der Waals surface area contributed by atoms with Gasteiger partial charge in [-0.05, 0) is 59.7 Å². The molecule has 0 aliphatic rings. The zero-order chi connectivity index (χ0) is 22.4. The predicted octanol–water partition coefficient (Wildman–Crippen LogP) is 5.05. The van der Waals surface area contributed by atoms with Crippen LogP contribution in [0.3, 0.4) is 0 Å². The van der Waals surface area contributed by atoms with Crippen molar-refractivity contribution in [3.8, 4) is 0 Å². The molecule has 0 radical (unpaired) electrons. The van der Waals surface area contributed by atoms with Crippen molar-refractivity contribution in [1.29, 1.82) is 0 Å². The minimum Gasteiger partial charge on any atom is -0.480 e. The van der Waals surface area contributed by atoms with Gasteiger partial charge in [-0.25, -0.2) is 0 Å². The molecule has 0 saturated carbocycles. The van der Waals surface area contributed by atoms with Gasteiger partial charge < -0.3 is 19.5 Å². The van der Waals surface area contributed by atoms with E-state index in [9.17, 15) is 9.90 Å². The standard InChI is InChI=1S/C26H29N3O2/c1-27(2)22-11-5-20(6-12-22)9-15-24-17-18-25(29(24)19-26(30)31)16-10-21-7-13-23(14-8-21)28(3)4/h5-18H,19H2,1-4H3,(H,30,31). The highest BCUT2D eigenvalue weighted by Gasteiger charge is 2.08. The largest absolute Gasteiger partial charge is 0.480 e. The Morgan fingerprint density at radius 1 is 0.710 bits per heavy atom. The molecule has 1 N–H and O–H groups in total. The Kier molecular flexibility index (Phi) is 6.98. The zero-order valence-corrected chi connectivity index (χ0v) is 18.5. The van der Waals surface area contributed by atoms with Gasteiger partial charge in [0.05, 0.1) is 0 Å². The van der Waals surface area contributed by atoms with Crippen LogP contribution in [0.2, 0.25) is 0 Å². The van der Waals surface area contributed by atoms with E-state index in [2.05, 4.69) is 58.3 Å². The lowest BCUT2D eigenvalue weighted by Gasteiger charge is -2.12. The quantitative estimate of drug-likeness (QED) is 0.560. The molecule has 0 aliphatic carbocycles. The lowest BCUT2D eigenvalue weighted by molar-refractivity contribution is -0.137. The van der Waals surface area contributed by atoms with E-state index >= 15 is 0 Å². The Labute approximate surface area is 184 Å². The van der Waals surface area contributed by atoms with Gasteiger partial charge in [-0.15, -0.1) is 0 Å². The topological polar surface area (TPSA) is 48.7 Å². The van der Waals surface area contributed by atoms with E-state index in [1.54, 1.807) is 4.57 Å². The van der Waals surface area contributed by atoms with E-state index < -0.39 is 5.97 Å². The third-order valence-electron chi connectivity index (χ3n) is 5.05. The minimum atomic E-state index is -0.869. The van der Waals surface area contributed by atoms with Crippen LogP contribution < -0.4 is 9.80 Å². The Bertz CT molecular complexity index is 994. The maximum Gasteiger partial charge on any atom is 0.323 e. The lowest BCUT2D eigenvalue weighted by atomic mass is 10.2. The molecule has 31 heavy (non-hydrogen) atoms. The molecule has 5 heteroatoms. The molecule has 0 atom stereocenters. The van der Waals surface area contributed by atoms with Gasteiger partial charge in [0, 0.05) is 51.0 Å². The van der Waals surface area contributed by atoms with Gasteiger partial charge in [0.15, 0.2) is 0 Å². The molecule has 0 unspecified atom stereocenters. The first-order valence-electron chi connectivity index (χ1n) is 10.2. The highest BCUT2D eigenvalue weighted by atomic mass is 16.4. The number of hydrogen-bond acceptors (Lipinski definition) is 3. The first kappa shape index (κ1) is 22.0. The van der Waals surface area contributed by atoms with Crippen molar-refractivity contribution >= 4 is 41.6 Å². The summed E-state index contributed by atoms with van der Waals surface area (Å²) in [6.07, 6.45) is 7.91. The summed E-state index contributed by atoms with van der Waals surface area (Å²) in [5, 5.41) is 9.39. The van der Waals surface area contributed by atoms with Gasteiger partial charge in [0.25, 0.3) is 0 Å². The molecule has 0 spiro atoms. The number of aliphatic carboxylic acids is 1. The lowest BCUT2D eigenvalue weighted by Crippen LogP contribution is -2.11. The van der Waals surface area contributed by atoms with Crippen molar-refractivity contribution in [2.24, 2.45) is 0 Å². The molecule has 160 valence electrons. The molecule has 0 bridgehead atoms. The van der Waals surface area contributed by atoms with Crippen molar-refractivity contribution in [3.05, 3.63) is 83.2 Å². The van der Waals surface area contributed by atoms with Crippen molar-refractivity contribution in [3.63, 3.8) is 0 Å². The molecule has 0 fully saturated rings. The smallest absolute Gasteiger partial charge is 0.323 e. The number of aromatic nitrogens is 1. The van der Waals surface area contributed by atoms with Gasteiger partial charge in [0.2, 0.25) is 0 Å². The number of carboxylic acid groups (broad SMARTS) is 1. The second-order valence-electron chi connectivity index (χ2n) is 7.80. The average Bonchev–Trinajstić information content (AvgIpc) is 3.12. The highest BCUT2D eigenvalue weighted by Crippen LogP contribution is 2.19. The maximum atomic E-state index is 11.4. The average molecular weight is 416 g/mol. The van der Waals surface area contributed by atoms with Crippen LogP contribution in [0, 0.1) is 0 Å².